The molecule has 130 valence electrons. The highest BCUT2D eigenvalue weighted by Gasteiger charge is 2.34. The average Bonchev–Trinajstić information content (AvgIpc) is 2.84. The first kappa shape index (κ1) is 19.2. The highest BCUT2D eigenvalue weighted by Crippen LogP contribution is 2.29. The number of rotatable bonds is 7. The van der Waals surface area contributed by atoms with Crippen molar-refractivity contribution in [3.8, 4) is 0 Å². The predicted molar refractivity (Wildman–Crippen MR) is 90.8 cm³/mol. The van der Waals surface area contributed by atoms with Gasteiger partial charge in [-0.3, -0.25) is 0 Å². The van der Waals surface area contributed by atoms with E-state index in [2.05, 4.69) is 24.5 Å². The number of hydrogen-bond donors (Lipinski definition) is 3. The molecule has 5 nitrogen and oxygen atoms in total. The molecule has 1 fully saturated rings. The highest BCUT2D eigenvalue weighted by atomic mass is 16.6. The van der Waals surface area contributed by atoms with Crippen molar-refractivity contribution < 1.29 is 9.53 Å². The Bertz CT molecular complexity index is 344. The summed E-state index contributed by atoms with van der Waals surface area (Å²) in [5, 5.41) is 6.63. The van der Waals surface area contributed by atoms with Gasteiger partial charge in [-0.2, -0.15) is 0 Å². The van der Waals surface area contributed by atoms with Gasteiger partial charge < -0.3 is 21.1 Å². The lowest BCUT2D eigenvalue weighted by molar-refractivity contribution is 0.0508. The van der Waals surface area contributed by atoms with Crippen LogP contribution in [0.2, 0.25) is 0 Å². The van der Waals surface area contributed by atoms with E-state index < -0.39 is 5.60 Å². The number of alkyl carbamates (subject to hydrolysis) is 1. The molecule has 0 aromatic carbocycles. The van der Waals surface area contributed by atoms with Crippen molar-refractivity contribution in [3.05, 3.63) is 0 Å². The summed E-state index contributed by atoms with van der Waals surface area (Å²) < 4.78 is 5.33. The van der Waals surface area contributed by atoms with Gasteiger partial charge in [0.1, 0.15) is 5.60 Å². The summed E-state index contributed by atoms with van der Waals surface area (Å²) in [6.07, 6.45) is 4.27. The monoisotopic (exact) mass is 313 g/mol. The van der Waals surface area contributed by atoms with E-state index in [1.54, 1.807) is 0 Å². The van der Waals surface area contributed by atoms with Crippen molar-refractivity contribution in [1.29, 1.82) is 0 Å². The maximum atomic E-state index is 11.9. The van der Waals surface area contributed by atoms with Gasteiger partial charge in [0.25, 0.3) is 0 Å². The van der Waals surface area contributed by atoms with Crippen molar-refractivity contribution >= 4 is 6.09 Å². The number of ether oxygens (including phenoxy) is 1. The Hall–Kier alpha value is -0.810. The summed E-state index contributed by atoms with van der Waals surface area (Å²) in [6.45, 7) is 12.3. The van der Waals surface area contributed by atoms with Crippen LogP contribution >= 0.6 is 0 Å². The Morgan fingerprint density at radius 2 is 1.86 bits per heavy atom. The van der Waals surface area contributed by atoms with Crippen molar-refractivity contribution in [3.63, 3.8) is 0 Å². The molecule has 5 heteroatoms. The second-order valence-electron chi connectivity index (χ2n) is 7.96. The minimum Gasteiger partial charge on any atom is -0.444 e. The van der Waals surface area contributed by atoms with Gasteiger partial charge in [-0.1, -0.05) is 26.7 Å². The molecule has 1 amide bonds. The van der Waals surface area contributed by atoms with Gasteiger partial charge in [0.05, 0.1) is 0 Å². The van der Waals surface area contributed by atoms with E-state index in [-0.39, 0.29) is 11.6 Å². The summed E-state index contributed by atoms with van der Waals surface area (Å²) in [5.41, 5.74) is 5.41. The quantitative estimate of drug-likeness (QED) is 0.675. The fourth-order valence-corrected chi connectivity index (χ4v) is 2.96. The van der Waals surface area contributed by atoms with Gasteiger partial charge in [-0.05, 0) is 58.5 Å². The molecule has 0 heterocycles. The molecule has 0 saturated heterocycles. The zero-order valence-corrected chi connectivity index (χ0v) is 15.0. The van der Waals surface area contributed by atoms with E-state index in [0.29, 0.717) is 24.9 Å². The molecule has 1 saturated carbocycles. The number of hydrogen-bond acceptors (Lipinski definition) is 4. The van der Waals surface area contributed by atoms with E-state index in [4.69, 9.17) is 10.5 Å². The third-order valence-electron chi connectivity index (χ3n) is 4.52. The summed E-state index contributed by atoms with van der Waals surface area (Å²) in [5.74, 6) is 1.04. The second-order valence-corrected chi connectivity index (χ2v) is 7.96. The summed E-state index contributed by atoms with van der Waals surface area (Å²) in [4.78, 5) is 11.9. The zero-order valence-electron chi connectivity index (χ0n) is 15.0. The van der Waals surface area contributed by atoms with Crippen LogP contribution in [0.3, 0.4) is 0 Å². The van der Waals surface area contributed by atoms with Crippen molar-refractivity contribution in [1.82, 2.24) is 10.6 Å². The Morgan fingerprint density at radius 3 is 2.32 bits per heavy atom. The minimum atomic E-state index is -0.456. The first-order chi connectivity index (χ1) is 10.2. The molecule has 0 aromatic rings. The van der Waals surface area contributed by atoms with Crippen LogP contribution in [-0.2, 0) is 4.74 Å². The fourth-order valence-electron chi connectivity index (χ4n) is 2.96. The van der Waals surface area contributed by atoms with Crippen LogP contribution in [0.1, 0.15) is 60.3 Å². The predicted octanol–water partition coefficient (Wildman–Crippen LogP) is 2.64. The molecule has 1 atom stereocenters. The Kier molecular flexibility index (Phi) is 7.13. The van der Waals surface area contributed by atoms with Gasteiger partial charge in [0, 0.05) is 12.1 Å². The van der Waals surface area contributed by atoms with Crippen LogP contribution in [-0.4, -0.2) is 36.9 Å². The first-order valence-electron chi connectivity index (χ1n) is 8.59. The molecule has 4 N–H and O–H groups in total. The number of amides is 1. The van der Waals surface area contributed by atoms with E-state index in [0.717, 1.165) is 19.4 Å². The standard InChI is InChI=1S/C17H35N3O2/c1-13(2)14(10-18)11-20-17(8-6-7-9-17)12-19-15(21)22-16(3,4)5/h13-14,20H,6-12,18H2,1-5H3,(H,19,21). The molecule has 1 unspecified atom stereocenters. The van der Waals surface area contributed by atoms with E-state index in [1.807, 2.05) is 20.8 Å². The lowest BCUT2D eigenvalue weighted by Crippen LogP contribution is -2.54. The molecule has 0 spiro atoms. The lowest BCUT2D eigenvalue weighted by Gasteiger charge is -2.33. The average molecular weight is 313 g/mol. The smallest absolute Gasteiger partial charge is 0.407 e. The molecule has 0 aromatic heterocycles. The van der Waals surface area contributed by atoms with Crippen LogP contribution in [0.4, 0.5) is 4.79 Å². The van der Waals surface area contributed by atoms with Gasteiger partial charge >= 0.3 is 6.09 Å². The molecule has 1 aliphatic carbocycles. The SMILES string of the molecule is CC(C)C(CN)CNC1(CNC(=O)OC(C)(C)C)CCCC1. The van der Waals surface area contributed by atoms with Gasteiger partial charge in [0.2, 0.25) is 0 Å². The van der Waals surface area contributed by atoms with Crippen LogP contribution in [0, 0.1) is 11.8 Å². The van der Waals surface area contributed by atoms with Crippen molar-refractivity contribution in [2.24, 2.45) is 17.6 Å². The van der Waals surface area contributed by atoms with Crippen molar-refractivity contribution in [2.75, 3.05) is 19.6 Å². The third-order valence-corrected chi connectivity index (χ3v) is 4.52. The Balaban J connectivity index is 2.51. The molecule has 0 bridgehead atoms. The number of carbonyl (C=O) groups excluding carboxylic acids is 1. The fraction of sp³-hybridized carbons (Fsp3) is 0.941. The Labute approximate surface area is 135 Å². The largest absolute Gasteiger partial charge is 0.444 e. The lowest BCUT2D eigenvalue weighted by atomic mass is 9.92. The number of carbonyl (C=O) groups is 1. The number of nitrogens with two attached hydrogens (primary N) is 1. The molecule has 0 radical (unpaired) electrons. The normalized spacial score (nSPS) is 19.2. The van der Waals surface area contributed by atoms with Crippen LogP contribution in [0.5, 0.6) is 0 Å². The highest BCUT2D eigenvalue weighted by molar-refractivity contribution is 5.67. The summed E-state index contributed by atoms with van der Waals surface area (Å²) in [6, 6.07) is 0. The zero-order chi connectivity index (χ0) is 16.8. The van der Waals surface area contributed by atoms with Gasteiger partial charge in [-0.15, -0.1) is 0 Å². The molecule has 1 rings (SSSR count). The van der Waals surface area contributed by atoms with Gasteiger partial charge in [0.15, 0.2) is 0 Å². The molecule has 22 heavy (non-hydrogen) atoms. The van der Waals surface area contributed by atoms with Gasteiger partial charge in [-0.25, -0.2) is 4.79 Å². The maximum absolute atomic E-state index is 11.9. The summed E-state index contributed by atoms with van der Waals surface area (Å²) in [7, 11) is 0. The number of nitrogens with one attached hydrogen (secondary N) is 2. The van der Waals surface area contributed by atoms with E-state index >= 15 is 0 Å². The van der Waals surface area contributed by atoms with Crippen LogP contribution in [0.25, 0.3) is 0 Å². The van der Waals surface area contributed by atoms with Crippen LogP contribution < -0.4 is 16.4 Å². The molecule has 1 aliphatic rings. The molecular weight excluding hydrogens is 278 g/mol. The summed E-state index contributed by atoms with van der Waals surface area (Å²) >= 11 is 0. The topological polar surface area (TPSA) is 76.4 Å². The second kappa shape index (κ2) is 8.16. The molecular formula is C17H35N3O2. The molecule has 0 aliphatic heterocycles. The third kappa shape index (κ3) is 6.53. The maximum Gasteiger partial charge on any atom is 0.407 e. The minimum absolute atomic E-state index is 0.000779. The van der Waals surface area contributed by atoms with E-state index in [1.165, 1.54) is 12.8 Å². The van der Waals surface area contributed by atoms with Crippen LogP contribution in [0.15, 0.2) is 0 Å². The first-order valence-corrected chi connectivity index (χ1v) is 8.59. The Morgan fingerprint density at radius 1 is 1.27 bits per heavy atom. The van der Waals surface area contributed by atoms with Crippen molar-refractivity contribution in [2.45, 2.75) is 71.4 Å². The van der Waals surface area contributed by atoms with E-state index in [9.17, 15) is 4.79 Å².